The van der Waals surface area contributed by atoms with Crippen LogP contribution in [-0.2, 0) is 5.54 Å². The second-order valence-electron chi connectivity index (χ2n) is 2.74. The molecule has 11 heavy (non-hydrogen) atoms. The van der Waals surface area contributed by atoms with Gasteiger partial charge in [0.25, 0.3) is 0 Å². The van der Waals surface area contributed by atoms with Gasteiger partial charge in [0.1, 0.15) is 5.01 Å². The van der Waals surface area contributed by atoms with Gasteiger partial charge >= 0.3 is 0 Å². The lowest BCUT2D eigenvalue weighted by Gasteiger charge is -2.18. The second kappa shape index (κ2) is 3.21. The molecule has 0 aliphatic heterocycles. The van der Waals surface area contributed by atoms with Crippen LogP contribution >= 0.6 is 27.3 Å². The molecular formula is C7H11BrN2S. The summed E-state index contributed by atoms with van der Waals surface area (Å²) in [7, 11) is 0. The molecule has 1 aromatic rings. The van der Waals surface area contributed by atoms with Gasteiger partial charge < -0.3 is 5.73 Å². The monoisotopic (exact) mass is 234 g/mol. The Morgan fingerprint density at radius 1 is 1.82 bits per heavy atom. The topological polar surface area (TPSA) is 38.9 Å². The summed E-state index contributed by atoms with van der Waals surface area (Å²) in [6.45, 7) is 4.06. The number of thiazole rings is 1. The van der Waals surface area contributed by atoms with Gasteiger partial charge in [-0.25, -0.2) is 4.98 Å². The molecule has 0 amide bonds. The van der Waals surface area contributed by atoms with Crippen molar-refractivity contribution >= 4 is 27.3 Å². The highest BCUT2D eigenvalue weighted by Crippen LogP contribution is 2.28. The van der Waals surface area contributed by atoms with E-state index in [1.54, 1.807) is 17.5 Å². The molecule has 0 saturated heterocycles. The van der Waals surface area contributed by atoms with Gasteiger partial charge in [-0.3, -0.25) is 0 Å². The molecule has 0 aliphatic rings. The van der Waals surface area contributed by atoms with Gasteiger partial charge in [-0.2, -0.15) is 0 Å². The standard InChI is InChI=1S/C7H11BrN2S/c1-3-7(2,9)6-10-4-5(8)11-6/h4H,3,9H2,1-2H3. The fourth-order valence-electron chi connectivity index (χ4n) is 0.670. The van der Waals surface area contributed by atoms with Crippen LogP contribution in [0.5, 0.6) is 0 Å². The number of hydrogen-bond acceptors (Lipinski definition) is 3. The molecule has 1 aromatic heterocycles. The third-order valence-corrected chi connectivity index (χ3v) is 3.46. The summed E-state index contributed by atoms with van der Waals surface area (Å²) in [6, 6.07) is 0. The highest BCUT2D eigenvalue weighted by Gasteiger charge is 2.21. The van der Waals surface area contributed by atoms with Crippen LogP contribution in [0.25, 0.3) is 0 Å². The summed E-state index contributed by atoms with van der Waals surface area (Å²) < 4.78 is 1.04. The number of aromatic nitrogens is 1. The molecule has 0 spiro atoms. The Kier molecular flexibility index (Phi) is 2.67. The highest BCUT2D eigenvalue weighted by atomic mass is 79.9. The first-order chi connectivity index (χ1) is 5.06. The predicted molar refractivity (Wildman–Crippen MR) is 51.6 cm³/mol. The molecule has 0 bridgehead atoms. The summed E-state index contributed by atoms with van der Waals surface area (Å²) in [5.41, 5.74) is 5.71. The second-order valence-corrected chi connectivity index (χ2v) is 5.15. The lowest BCUT2D eigenvalue weighted by molar-refractivity contribution is 0.474. The van der Waals surface area contributed by atoms with Gasteiger partial charge in [-0.05, 0) is 29.3 Å². The lowest BCUT2D eigenvalue weighted by atomic mass is 10.0. The summed E-state index contributed by atoms with van der Waals surface area (Å²) in [5.74, 6) is 0. The van der Waals surface area contributed by atoms with Crippen LogP contribution < -0.4 is 5.73 Å². The third-order valence-electron chi connectivity index (χ3n) is 1.70. The molecule has 4 heteroatoms. The molecular weight excluding hydrogens is 224 g/mol. The molecule has 1 atom stereocenters. The number of hydrogen-bond donors (Lipinski definition) is 1. The maximum atomic E-state index is 5.98. The first-order valence-electron chi connectivity index (χ1n) is 3.47. The van der Waals surface area contributed by atoms with E-state index in [1.807, 2.05) is 6.92 Å². The van der Waals surface area contributed by atoms with Crippen molar-refractivity contribution in [1.29, 1.82) is 0 Å². The van der Waals surface area contributed by atoms with E-state index < -0.39 is 0 Å². The molecule has 1 heterocycles. The fourth-order valence-corrected chi connectivity index (χ4v) is 2.01. The number of nitrogens with two attached hydrogens (primary N) is 1. The molecule has 0 saturated carbocycles. The van der Waals surface area contributed by atoms with E-state index in [0.29, 0.717) is 0 Å². The average molecular weight is 235 g/mol. The highest BCUT2D eigenvalue weighted by molar-refractivity contribution is 9.11. The van der Waals surface area contributed by atoms with Gasteiger partial charge in [0.05, 0.1) is 15.5 Å². The van der Waals surface area contributed by atoms with Crippen molar-refractivity contribution in [2.24, 2.45) is 5.73 Å². The van der Waals surface area contributed by atoms with Crippen molar-refractivity contribution in [3.05, 3.63) is 15.0 Å². The molecule has 0 aliphatic carbocycles. The Bertz CT molecular complexity index is 244. The van der Waals surface area contributed by atoms with E-state index in [9.17, 15) is 0 Å². The normalized spacial score (nSPS) is 16.4. The molecule has 0 fully saturated rings. The summed E-state index contributed by atoms with van der Waals surface area (Å²) in [4.78, 5) is 4.20. The van der Waals surface area contributed by atoms with E-state index >= 15 is 0 Å². The molecule has 0 radical (unpaired) electrons. The fraction of sp³-hybridized carbons (Fsp3) is 0.571. The summed E-state index contributed by atoms with van der Waals surface area (Å²) >= 11 is 4.95. The van der Waals surface area contributed by atoms with E-state index in [0.717, 1.165) is 15.2 Å². The van der Waals surface area contributed by atoms with E-state index in [2.05, 4.69) is 27.8 Å². The first-order valence-corrected chi connectivity index (χ1v) is 5.08. The number of halogens is 1. The zero-order valence-corrected chi connectivity index (χ0v) is 9.00. The maximum absolute atomic E-state index is 5.98. The van der Waals surface area contributed by atoms with Crippen LogP contribution in [0.1, 0.15) is 25.3 Å². The molecule has 62 valence electrons. The van der Waals surface area contributed by atoms with Crippen LogP contribution in [-0.4, -0.2) is 4.98 Å². The molecule has 0 aromatic carbocycles. The van der Waals surface area contributed by atoms with Gasteiger partial charge in [0, 0.05) is 0 Å². The van der Waals surface area contributed by atoms with Crippen LogP contribution in [0, 0.1) is 0 Å². The number of nitrogens with zero attached hydrogens (tertiary/aromatic N) is 1. The predicted octanol–water partition coefficient (Wildman–Crippen LogP) is 2.49. The maximum Gasteiger partial charge on any atom is 0.113 e. The Labute approximate surface area is 79.0 Å². The smallest absolute Gasteiger partial charge is 0.113 e. The van der Waals surface area contributed by atoms with Crippen LogP contribution in [0.15, 0.2) is 9.98 Å². The van der Waals surface area contributed by atoms with Crippen LogP contribution in [0.3, 0.4) is 0 Å². The minimum absolute atomic E-state index is 0.267. The van der Waals surface area contributed by atoms with Crippen molar-refractivity contribution in [1.82, 2.24) is 4.98 Å². The molecule has 2 N–H and O–H groups in total. The lowest BCUT2D eigenvalue weighted by Crippen LogP contribution is -2.31. The van der Waals surface area contributed by atoms with Gasteiger partial charge in [-0.15, -0.1) is 11.3 Å². The van der Waals surface area contributed by atoms with Crippen molar-refractivity contribution < 1.29 is 0 Å². The van der Waals surface area contributed by atoms with E-state index in [-0.39, 0.29) is 5.54 Å². The van der Waals surface area contributed by atoms with Gasteiger partial charge in [0.2, 0.25) is 0 Å². The van der Waals surface area contributed by atoms with Crippen LogP contribution in [0.4, 0.5) is 0 Å². The van der Waals surface area contributed by atoms with E-state index in [4.69, 9.17) is 5.73 Å². The summed E-state index contributed by atoms with van der Waals surface area (Å²) in [6.07, 6.45) is 2.70. The first kappa shape index (κ1) is 9.16. The summed E-state index contributed by atoms with van der Waals surface area (Å²) in [5, 5.41) is 0.992. The zero-order valence-electron chi connectivity index (χ0n) is 6.60. The Morgan fingerprint density at radius 2 is 2.45 bits per heavy atom. The Hall–Kier alpha value is 0.0700. The third kappa shape index (κ3) is 2.01. The van der Waals surface area contributed by atoms with Gasteiger partial charge in [-0.1, -0.05) is 6.92 Å². The van der Waals surface area contributed by atoms with Crippen LogP contribution in [0.2, 0.25) is 0 Å². The largest absolute Gasteiger partial charge is 0.320 e. The molecule has 2 nitrogen and oxygen atoms in total. The number of rotatable bonds is 2. The Balaban J connectivity index is 2.92. The van der Waals surface area contributed by atoms with Gasteiger partial charge in [0.15, 0.2) is 0 Å². The van der Waals surface area contributed by atoms with Crippen molar-refractivity contribution in [2.45, 2.75) is 25.8 Å². The SMILES string of the molecule is CCC(C)(N)c1ncc(Br)s1. The quantitative estimate of drug-likeness (QED) is 0.855. The Morgan fingerprint density at radius 3 is 2.82 bits per heavy atom. The van der Waals surface area contributed by atoms with Crippen molar-refractivity contribution in [3.63, 3.8) is 0 Å². The van der Waals surface area contributed by atoms with Crippen molar-refractivity contribution in [2.75, 3.05) is 0 Å². The van der Waals surface area contributed by atoms with E-state index in [1.165, 1.54) is 0 Å². The molecule has 1 unspecified atom stereocenters. The minimum Gasteiger partial charge on any atom is -0.320 e. The zero-order chi connectivity index (χ0) is 8.48. The minimum atomic E-state index is -0.267. The average Bonchev–Trinajstić information content (AvgIpc) is 2.36. The van der Waals surface area contributed by atoms with Crippen molar-refractivity contribution in [3.8, 4) is 0 Å². The molecule has 1 rings (SSSR count).